The van der Waals surface area contributed by atoms with E-state index in [9.17, 15) is 0 Å². The van der Waals surface area contributed by atoms with Crippen LogP contribution in [0.1, 0.15) is 51.9 Å². The summed E-state index contributed by atoms with van der Waals surface area (Å²) in [6.07, 6.45) is 24.4. The molecule has 2 rings (SSSR count). The molecular formula is C22H31N. The van der Waals surface area contributed by atoms with Gasteiger partial charge in [-0.2, -0.15) is 0 Å². The van der Waals surface area contributed by atoms with Gasteiger partial charge in [-0.3, -0.25) is 0 Å². The Morgan fingerprint density at radius 3 is 2.91 bits per heavy atom. The number of hydrogen-bond donors (Lipinski definition) is 0. The van der Waals surface area contributed by atoms with Crippen molar-refractivity contribution in [3.8, 4) is 0 Å². The first-order valence-corrected chi connectivity index (χ1v) is 9.18. The second-order valence-corrected chi connectivity index (χ2v) is 6.61. The molecule has 0 unspecified atom stereocenters. The zero-order valence-corrected chi connectivity index (χ0v) is 14.9. The molecule has 0 N–H and O–H groups in total. The van der Waals surface area contributed by atoms with Crippen LogP contribution < -0.4 is 0 Å². The summed E-state index contributed by atoms with van der Waals surface area (Å²) in [5, 5.41) is 0. The van der Waals surface area contributed by atoms with Crippen LogP contribution in [0.5, 0.6) is 0 Å². The van der Waals surface area contributed by atoms with Gasteiger partial charge in [-0.05, 0) is 75.1 Å². The van der Waals surface area contributed by atoms with Crippen LogP contribution in [0, 0.1) is 0 Å². The summed E-state index contributed by atoms with van der Waals surface area (Å²) in [6, 6.07) is 0. The van der Waals surface area contributed by atoms with Gasteiger partial charge in [0.1, 0.15) is 0 Å². The third-order valence-corrected chi connectivity index (χ3v) is 4.44. The minimum atomic E-state index is 1.02. The van der Waals surface area contributed by atoms with E-state index in [1.54, 1.807) is 0 Å². The molecule has 0 bridgehead atoms. The standard InChI is InChI=1S/C22H31N/c1-3-4-10-18-23(2)19-20-12-11-15-22(17-16-20)21-13-8-6-5-7-9-14-21/h6,8,11-13,16-17H,3-5,7,9-10,14,18-19H2,1-2H3. The van der Waals surface area contributed by atoms with Crippen LogP contribution in [-0.4, -0.2) is 25.0 Å². The van der Waals surface area contributed by atoms with Crippen molar-refractivity contribution in [2.75, 3.05) is 20.1 Å². The van der Waals surface area contributed by atoms with Gasteiger partial charge in [-0.25, -0.2) is 0 Å². The summed E-state index contributed by atoms with van der Waals surface area (Å²) in [5.74, 6) is 0. The van der Waals surface area contributed by atoms with Gasteiger partial charge in [0, 0.05) is 12.1 Å². The summed E-state index contributed by atoms with van der Waals surface area (Å²) >= 11 is 0. The summed E-state index contributed by atoms with van der Waals surface area (Å²) in [7, 11) is 2.22. The lowest BCUT2D eigenvalue weighted by Crippen LogP contribution is -2.21. The molecule has 23 heavy (non-hydrogen) atoms. The van der Waals surface area contributed by atoms with E-state index >= 15 is 0 Å². The van der Waals surface area contributed by atoms with Crippen LogP contribution in [-0.2, 0) is 0 Å². The molecule has 0 heterocycles. The number of allylic oxidation sites excluding steroid dienone is 7. The largest absolute Gasteiger partial charge is 0.302 e. The smallest absolute Gasteiger partial charge is 0.0230 e. The van der Waals surface area contributed by atoms with Crippen molar-refractivity contribution in [2.24, 2.45) is 0 Å². The molecule has 2 aliphatic carbocycles. The van der Waals surface area contributed by atoms with E-state index in [4.69, 9.17) is 0 Å². The zero-order chi connectivity index (χ0) is 16.3. The Morgan fingerprint density at radius 1 is 1.13 bits per heavy atom. The highest BCUT2D eigenvalue weighted by Crippen LogP contribution is 2.22. The predicted octanol–water partition coefficient (Wildman–Crippen LogP) is 5.74. The molecule has 0 aromatic carbocycles. The maximum absolute atomic E-state index is 3.46. The van der Waals surface area contributed by atoms with E-state index in [0.29, 0.717) is 0 Å². The van der Waals surface area contributed by atoms with Gasteiger partial charge >= 0.3 is 0 Å². The zero-order valence-electron chi connectivity index (χ0n) is 14.9. The molecule has 0 spiro atoms. The van der Waals surface area contributed by atoms with E-state index in [1.807, 2.05) is 0 Å². The minimum absolute atomic E-state index is 1.02. The Morgan fingerprint density at radius 2 is 2.04 bits per heavy atom. The van der Waals surface area contributed by atoms with Crippen LogP contribution in [0.2, 0.25) is 0 Å². The van der Waals surface area contributed by atoms with E-state index < -0.39 is 0 Å². The molecular weight excluding hydrogens is 278 g/mol. The SMILES string of the molecule is CCCCCN(C)CC1=CC=C=C(C2=CC=CCCCC2)C=C1. The third-order valence-electron chi connectivity index (χ3n) is 4.44. The normalized spacial score (nSPS) is 18.1. The molecule has 0 aliphatic heterocycles. The lowest BCUT2D eigenvalue weighted by Gasteiger charge is -2.16. The summed E-state index contributed by atoms with van der Waals surface area (Å²) in [4.78, 5) is 2.42. The molecule has 0 atom stereocenters. The average molecular weight is 309 g/mol. The van der Waals surface area contributed by atoms with Crippen molar-refractivity contribution in [3.05, 3.63) is 65.0 Å². The molecule has 1 heteroatoms. The van der Waals surface area contributed by atoms with Gasteiger partial charge in [0.05, 0.1) is 0 Å². The lowest BCUT2D eigenvalue weighted by atomic mass is 9.97. The first kappa shape index (κ1) is 17.8. The second kappa shape index (κ2) is 10.3. The van der Waals surface area contributed by atoms with Crippen molar-refractivity contribution in [2.45, 2.75) is 51.9 Å². The molecule has 0 saturated heterocycles. The van der Waals surface area contributed by atoms with Crippen LogP contribution in [0.25, 0.3) is 0 Å². The van der Waals surface area contributed by atoms with E-state index in [1.165, 1.54) is 61.8 Å². The van der Waals surface area contributed by atoms with Gasteiger partial charge in [0.2, 0.25) is 0 Å². The van der Waals surface area contributed by atoms with Crippen LogP contribution in [0.4, 0.5) is 0 Å². The fourth-order valence-corrected chi connectivity index (χ4v) is 3.03. The van der Waals surface area contributed by atoms with Gasteiger partial charge in [0.25, 0.3) is 0 Å². The highest BCUT2D eigenvalue weighted by atomic mass is 15.1. The number of likely N-dealkylation sites (N-methyl/N-ethyl adjacent to an activating group) is 1. The Hall–Kier alpha value is -1.56. The quantitative estimate of drug-likeness (QED) is 0.428. The number of hydrogen-bond acceptors (Lipinski definition) is 1. The van der Waals surface area contributed by atoms with Gasteiger partial charge in [-0.15, -0.1) is 5.73 Å². The average Bonchev–Trinajstić information content (AvgIpc) is 2.73. The first-order valence-electron chi connectivity index (χ1n) is 9.18. The molecule has 124 valence electrons. The molecule has 1 nitrogen and oxygen atoms in total. The second-order valence-electron chi connectivity index (χ2n) is 6.61. The highest BCUT2D eigenvalue weighted by molar-refractivity contribution is 5.46. The third kappa shape index (κ3) is 6.60. The predicted molar refractivity (Wildman–Crippen MR) is 102 cm³/mol. The Bertz CT molecular complexity index is 551. The Kier molecular flexibility index (Phi) is 7.93. The van der Waals surface area contributed by atoms with Crippen LogP contribution >= 0.6 is 0 Å². The van der Waals surface area contributed by atoms with Crippen molar-refractivity contribution < 1.29 is 0 Å². The summed E-state index contributed by atoms with van der Waals surface area (Å²) < 4.78 is 0. The summed E-state index contributed by atoms with van der Waals surface area (Å²) in [6.45, 7) is 4.46. The molecule has 0 fully saturated rings. The fourth-order valence-electron chi connectivity index (χ4n) is 3.03. The van der Waals surface area contributed by atoms with E-state index in [2.05, 4.69) is 67.1 Å². The van der Waals surface area contributed by atoms with Crippen molar-refractivity contribution in [1.29, 1.82) is 0 Å². The molecule has 0 amide bonds. The highest BCUT2D eigenvalue weighted by Gasteiger charge is 2.06. The van der Waals surface area contributed by atoms with Crippen LogP contribution in [0.3, 0.4) is 0 Å². The molecule has 0 aromatic rings. The minimum Gasteiger partial charge on any atom is -0.302 e. The number of nitrogens with zero attached hydrogens (tertiary/aromatic N) is 1. The van der Waals surface area contributed by atoms with E-state index in [0.717, 1.165) is 13.0 Å². The van der Waals surface area contributed by atoms with E-state index in [-0.39, 0.29) is 0 Å². The molecule has 2 aliphatic rings. The van der Waals surface area contributed by atoms with Crippen molar-refractivity contribution in [3.63, 3.8) is 0 Å². The first-order chi connectivity index (χ1) is 11.3. The molecule has 0 aromatic heterocycles. The monoisotopic (exact) mass is 309 g/mol. The maximum Gasteiger partial charge on any atom is 0.0230 e. The number of unbranched alkanes of at least 4 members (excludes halogenated alkanes) is 2. The summed E-state index contributed by atoms with van der Waals surface area (Å²) in [5.41, 5.74) is 7.49. The van der Waals surface area contributed by atoms with Crippen molar-refractivity contribution in [1.82, 2.24) is 4.90 Å². The lowest BCUT2D eigenvalue weighted by molar-refractivity contribution is 0.353. The number of rotatable bonds is 7. The fraction of sp³-hybridized carbons (Fsp3) is 0.500. The Balaban J connectivity index is 1.93. The molecule has 0 radical (unpaired) electrons. The van der Waals surface area contributed by atoms with Gasteiger partial charge in [0.15, 0.2) is 0 Å². The van der Waals surface area contributed by atoms with Gasteiger partial charge < -0.3 is 4.90 Å². The topological polar surface area (TPSA) is 3.24 Å². The molecule has 0 saturated carbocycles. The van der Waals surface area contributed by atoms with Crippen LogP contribution in [0.15, 0.2) is 65.0 Å². The Labute approximate surface area is 142 Å². The maximum atomic E-state index is 3.46. The van der Waals surface area contributed by atoms with Gasteiger partial charge in [-0.1, -0.05) is 44.1 Å². The van der Waals surface area contributed by atoms with Crippen molar-refractivity contribution >= 4 is 0 Å².